The summed E-state index contributed by atoms with van der Waals surface area (Å²) in [6.45, 7) is 5.04. The fraction of sp³-hybridized carbons (Fsp3) is 0.923. The lowest BCUT2D eigenvalue weighted by Gasteiger charge is -2.14. The average molecular weight is 259 g/mol. The van der Waals surface area contributed by atoms with Gasteiger partial charge < -0.3 is 10.4 Å². The monoisotopic (exact) mass is 259 g/mol. The fourth-order valence-corrected chi connectivity index (χ4v) is 3.11. The summed E-state index contributed by atoms with van der Waals surface area (Å²) >= 11 is 1.70. The van der Waals surface area contributed by atoms with Crippen molar-refractivity contribution in [3.63, 3.8) is 0 Å². The van der Waals surface area contributed by atoms with Gasteiger partial charge in [-0.15, -0.1) is 0 Å². The molecule has 3 nitrogen and oxygen atoms in total. The number of aliphatic hydroxyl groups excluding tert-OH is 1. The van der Waals surface area contributed by atoms with Crippen LogP contribution in [0.3, 0.4) is 0 Å². The first-order chi connectivity index (χ1) is 8.09. The van der Waals surface area contributed by atoms with Gasteiger partial charge in [-0.3, -0.25) is 4.79 Å². The molecule has 1 aliphatic rings. The summed E-state index contributed by atoms with van der Waals surface area (Å²) in [6.07, 6.45) is 3.99. The quantitative estimate of drug-likeness (QED) is 0.688. The van der Waals surface area contributed by atoms with E-state index in [1.165, 1.54) is 6.42 Å². The van der Waals surface area contributed by atoms with Crippen LogP contribution in [0, 0.1) is 11.8 Å². The second-order valence-electron chi connectivity index (χ2n) is 5.30. The average Bonchev–Trinajstić information content (AvgIpc) is 2.67. The number of carbonyl (C=O) groups excluding carboxylic acids is 1. The van der Waals surface area contributed by atoms with E-state index in [2.05, 4.69) is 19.2 Å². The first kappa shape index (κ1) is 14.8. The molecule has 0 saturated heterocycles. The molecule has 0 heterocycles. The van der Waals surface area contributed by atoms with E-state index in [0.717, 1.165) is 25.0 Å². The molecule has 0 aromatic heterocycles. The van der Waals surface area contributed by atoms with Crippen molar-refractivity contribution >= 4 is 17.7 Å². The Morgan fingerprint density at radius 3 is 2.82 bits per heavy atom. The summed E-state index contributed by atoms with van der Waals surface area (Å²) in [5.74, 6) is 2.70. The van der Waals surface area contributed by atoms with Crippen molar-refractivity contribution in [2.45, 2.75) is 45.6 Å². The van der Waals surface area contributed by atoms with E-state index in [1.54, 1.807) is 11.8 Å². The van der Waals surface area contributed by atoms with Gasteiger partial charge in [0.15, 0.2) is 0 Å². The SMILES string of the molecule is CC(C)CCSCC(=O)NCC1CCCC1O. The zero-order chi connectivity index (χ0) is 12.7. The summed E-state index contributed by atoms with van der Waals surface area (Å²) in [5, 5.41) is 12.5. The van der Waals surface area contributed by atoms with E-state index >= 15 is 0 Å². The van der Waals surface area contributed by atoms with Gasteiger partial charge in [-0.1, -0.05) is 20.3 Å². The molecule has 2 N–H and O–H groups in total. The van der Waals surface area contributed by atoms with Crippen LogP contribution >= 0.6 is 11.8 Å². The van der Waals surface area contributed by atoms with Crippen molar-refractivity contribution in [3.8, 4) is 0 Å². The molecule has 1 fully saturated rings. The summed E-state index contributed by atoms with van der Waals surface area (Å²) in [5.41, 5.74) is 0. The molecular formula is C13H25NO2S. The third-order valence-corrected chi connectivity index (χ3v) is 4.24. The molecule has 0 aliphatic heterocycles. The highest BCUT2D eigenvalue weighted by atomic mass is 32.2. The molecular weight excluding hydrogens is 234 g/mol. The maximum atomic E-state index is 11.5. The molecule has 1 aliphatic carbocycles. The third kappa shape index (κ3) is 6.32. The largest absolute Gasteiger partial charge is 0.393 e. The Balaban J connectivity index is 2.01. The first-order valence-corrected chi connectivity index (χ1v) is 7.77. The van der Waals surface area contributed by atoms with Crippen LogP contribution in [0.25, 0.3) is 0 Å². The van der Waals surface area contributed by atoms with Gasteiger partial charge in [0.2, 0.25) is 5.91 Å². The van der Waals surface area contributed by atoms with E-state index in [9.17, 15) is 9.90 Å². The number of rotatable bonds is 7. The van der Waals surface area contributed by atoms with Crippen LogP contribution in [-0.4, -0.2) is 35.2 Å². The maximum absolute atomic E-state index is 11.5. The van der Waals surface area contributed by atoms with E-state index < -0.39 is 0 Å². The number of carbonyl (C=O) groups is 1. The van der Waals surface area contributed by atoms with Crippen LogP contribution < -0.4 is 5.32 Å². The van der Waals surface area contributed by atoms with Crippen LogP contribution in [0.1, 0.15) is 39.5 Å². The molecule has 2 atom stereocenters. The lowest BCUT2D eigenvalue weighted by molar-refractivity contribution is -0.118. The topological polar surface area (TPSA) is 49.3 Å². The summed E-state index contributed by atoms with van der Waals surface area (Å²) < 4.78 is 0. The number of nitrogens with one attached hydrogen (secondary N) is 1. The second-order valence-corrected chi connectivity index (χ2v) is 6.40. The Kier molecular flexibility index (Phi) is 6.97. The van der Waals surface area contributed by atoms with Gasteiger partial charge in [0.05, 0.1) is 11.9 Å². The lowest BCUT2D eigenvalue weighted by atomic mass is 10.1. The van der Waals surface area contributed by atoms with Gasteiger partial charge in [0, 0.05) is 12.5 Å². The van der Waals surface area contributed by atoms with E-state index in [1.807, 2.05) is 0 Å². The molecule has 1 amide bonds. The Morgan fingerprint density at radius 2 is 2.24 bits per heavy atom. The standard InChI is InChI=1S/C13H25NO2S/c1-10(2)6-7-17-9-13(16)14-8-11-4-3-5-12(11)15/h10-12,15H,3-9H2,1-2H3,(H,14,16). The van der Waals surface area contributed by atoms with Crippen molar-refractivity contribution < 1.29 is 9.90 Å². The number of hydrogen-bond donors (Lipinski definition) is 2. The lowest BCUT2D eigenvalue weighted by Crippen LogP contribution is -2.33. The zero-order valence-electron chi connectivity index (χ0n) is 10.9. The molecule has 0 aromatic rings. The number of amides is 1. The van der Waals surface area contributed by atoms with Crippen LogP contribution in [-0.2, 0) is 4.79 Å². The number of hydrogen-bond acceptors (Lipinski definition) is 3. The minimum absolute atomic E-state index is 0.109. The Morgan fingerprint density at radius 1 is 1.47 bits per heavy atom. The highest BCUT2D eigenvalue weighted by Crippen LogP contribution is 2.24. The molecule has 1 saturated carbocycles. The second kappa shape index (κ2) is 7.98. The van der Waals surface area contributed by atoms with Gasteiger partial charge in [-0.25, -0.2) is 0 Å². The van der Waals surface area contributed by atoms with Crippen molar-refractivity contribution in [1.82, 2.24) is 5.32 Å². The number of thioether (sulfide) groups is 1. The molecule has 4 heteroatoms. The van der Waals surface area contributed by atoms with E-state index in [0.29, 0.717) is 18.2 Å². The van der Waals surface area contributed by atoms with Crippen molar-refractivity contribution in [1.29, 1.82) is 0 Å². The molecule has 2 unspecified atom stereocenters. The van der Waals surface area contributed by atoms with Crippen LogP contribution in [0.2, 0.25) is 0 Å². The molecule has 0 spiro atoms. The van der Waals surface area contributed by atoms with Gasteiger partial charge in [0.25, 0.3) is 0 Å². The van der Waals surface area contributed by atoms with Crippen molar-refractivity contribution in [2.24, 2.45) is 11.8 Å². The normalized spacial score (nSPS) is 24.2. The highest BCUT2D eigenvalue weighted by Gasteiger charge is 2.25. The smallest absolute Gasteiger partial charge is 0.230 e. The van der Waals surface area contributed by atoms with E-state index in [4.69, 9.17) is 0 Å². The fourth-order valence-electron chi connectivity index (χ4n) is 2.04. The van der Waals surface area contributed by atoms with Crippen molar-refractivity contribution in [2.75, 3.05) is 18.1 Å². The van der Waals surface area contributed by atoms with E-state index in [-0.39, 0.29) is 17.9 Å². The molecule has 17 heavy (non-hydrogen) atoms. The van der Waals surface area contributed by atoms with Gasteiger partial charge in [-0.05, 0) is 30.9 Å². The molecule has 1 rings (SSSR count). The summed E-state index contributed by atoms with van der Waals surface area (Å²) in [6, 6.07) is 0. The maximum Gasteiger partial charge on any atom is 0.230 e. The minimum Gasteiger partial charge on any atom is -0.393 e. The Labute approximate surface area is 109 Å². The van der Waals surface area contributed by atoms with Crippen LogP contribution in [0.4, 0.5) is 0 Å². The highest BCUT2D eigenvalue weighted by molar-refractivity contribution is 7.99. The Bertz CT molecular complexity index is 233. The minimum atomic E-state index is -0.205. The summed E-state index contributed by atoms with van der Waals surface area (Å²) in [4.78, 5) is 11.5. The van der Waals surface area contributed by atoms with Crippen molar-refractivity contribution in [3.05, 3.63) is 0 Å². The molecule has 0 aromatic carbocycles. The van der Waals surface area contributed by atoms with Crippen LogP contribution in [0.15, 0.2) is 0 Å². The van der Waals surface area contributed by atoms with Crippen LogP contribution in [0.5, 0.6) is 0 Å². The first-order valence-electron chi connectivity index (χ1n) is 6.62. The third-order valence-electron chi connectivity index (χ3n) is 3.25. The summed E-state index contributed by atoms with van der Waals surface area (Å²) in [7, 11) is 0. The number of aliphatic hydroxyl groups is 1. The van der Waals surface area contributed by atoms with Gasteiger partial charge in [0.1, 0.15) is 0 Å². The van der Waals surface area contributed by atoms with Gasteiger partial charge in [-0.2, -0.15) is 11.8 Å². The molecule has 100 valence electrons. The zero-order valence-corrected chi connectivity index (χ0v) is 11.8. The van der Waals surface area contributed by atoms with Gasteiger partial charge >= 0.3 is 0 Å². The Hall–Kier alpha value is -0.220. The predicted molar refractivity (Wildman–Crippen MR) is 73.1 cm³/mol. The molecule has 0 bridgehead atoms. The molecule has 0 radical (unpaired) electrons. The predicted octanol–water partition coefficient (Wildman–Crippen LogP) is 2.04.